The van der Waals surface area contributed by atoms with Crippen molar-refractivity contribution in [3.63, 3.8) is 0 Å². The van der Waals surface area contributed by atoms with Crippen LogP contribution in [0, 0.1) is 5.82 Å². The third-order valence-electron chi connectivity index (χ3n) is 1.72. The molecule has 3 nitrogen and oxygen atoms in total. The highest BCUT2D eigenvalue weighted by Crippen LogP contribution is 2.14. The van der Waals surface area contributed by atoms with E-state index in [0.29, 0.717) is 6.61 Å². The molecule has 0 radical (unpaired) electrons. The van der Waals surface area contributed by atoms with E-state index in [9.17, 15) is 4.39 Å². The lowest BCUT2D eigenvalue weighted by Gasteiger charge is -2.07. The van der Waals surface area contributed by atoms with Gasteiger partial charge in [-0.3, -0.25) is 0 Å². The first-order valence-corrected chi connectivity index (χ1v) is 4.43. The Morgan fingerprint density at radius 3 is 2.71 bits per heavy atom. The molecule has 0 heterocycles. The van der Waals surface area contributed by atoms with Gasteiger partial charge in [0.1, 0.15) is 0 Å². The Hall–Kier alpha value is -1.07. The van der Waals surface area contributed by atoms with Crippen molar-refractivity contribution in [3.05, 3.63) is 24.0 Å². The van der Waals surface area contributed by atoms with Crippen LogP contribution in [0.1, 0.15) is 13.3 Å². The van der Waals surface area contributed by atoms with Crippen LogP contribution in [-0.2, 0) is 0 Å². The standard InChI is InChI=1S/C9H12BFO3/c1-2-5-14-9-6-7(10(12)13)3-4-8(9)11/h3-4,6,12-13H,2,5H2,1H3. The van der Waals surface area contributed by atoms with E-state index in [1.165, 1.54) is 12.1 Å². The molecule has 0 saturated carbocycles. The van der Waals surface area contributed by atoms with Gasteiger partial charge in [-0.25, -0.2) is 4.39 Å². The van der Waals surface area contributed by atoms with Gasteiger partial charge in [0, 0.05) is 0 Å². The number of hydrogen-bond donors (Lipinski definition) is 2. The molecule has 0 bridgehead atoms. The van der Waals surface area contributed by atoms with E-state index >= 15 is 0 Å². The minimum atomic E-state index is -1.60. The van der Waals surface area contributed by atoms with E-state index in [4.69, 9.17) is 14.8 Å². The summed E-state index contributed by atoms with van der Waals surface area (Å²) < 4.78 is 18.1. The van der Waals surface area contributed by atoms with E-state index in [0.717, 1.165) is 12.5 Å². The highest BCUT2D eigenvalue weighted by Gasteiger charge is 2.13. The molecule has 0 aliphatic heterocycles. The lowest BCUT2D eigenvalue weighted by atomic mass is 9.80. The smallest absolute Gasteiger partial charge is 0.488 e. The molecule has 0 aliphatic rings. The first-order chi connectivity index (χ1) is 6.65. The maximum Gasteiger partial charge on any atom is 0.488 e. The summed E-state index contributed by atoms with van der Waals surface area (Å²) in [5.41, 5.74) is 0.220. The number of hydrogen-bond acceptors (Lipinski definition) is 3. The van der Waals surface area contributed by atoms with Crippen molar-refractivity contribution in [2.75, 3.05) is 6.61 Å². The second-order valence-corrected chi connectivity index (χ2v) is 2.91. The normalized spacial score (nSPS) is 10.0. The van der Waals surface area contributed by atoms with Gasteiger partial charge in [-0.1, -0.05) is 13.0 Å². The van der Waals surface area contributed by atoms with Gasteiger partial charge in [0.25, 0.3) is 0 Å². The van der Waals surface area contributed by atoms with E-state index in [-0.39, 0.29) is 11.2 Å². The van der Waals surface area contributed by atoms with Gasteiger partial charge < -0.3 is 14.8 Å². The molecule has 1 aromatic rings. The predicted octanol–water partition coefficient (Wildman–Crippen LogP) is 0.294. The van der Waals surface area contributed by atoms with Gasteiger partial charge >= 0.3 is 7.12 Å². The monoisotopic (exact) mass is 198 g/mol. The summed E-state index contributed by atoms with van der Waals surface area (Å²) >= 11 is 0. The molecule has 0 saturated heterocycles. The molecule has 76 valence electrons. The summed E-state index contributed by atoms with van der Waals surface area (Å²) in [7, 11) is -1.60. The van der Waals surface area contributed by atoms with Crippen molar-refractivity contribution in [1.82, 2.24) is 0 Å². The van der Waals surface area contributed by atoms with Gasteiger partial charge in [0.2, 0.25) is 0 Å². The third-order valence-corrected chi connectivity index (χ3v) is 1.72. The minimum Gasteiger partial charge on any atom is -0.491 e. The highest BCUT2D eigenvalue weighted by molar-refractivity contribution is 6.58. The maximum absolute atomic E-state index is 13.1. The third kappa shape index (κ3) is 2.72. The quantitative estimate of drug-likeness (QED) is 0.683. The summed E-state index contributed by atoms with van der Waals surface area (Å²) in [6.07, 6.45) is 0.769. The van der Waals surface area contributed by atoms with Gasteiger partial charge in [-0.15, -0.1) is 0 Å². The Bertz CT molecular complexity index is 304. The Morgan fingerprint density at radius 1 is 1.43 bits per heavy atom. The molecule has 1 rings (SSSR count). The first-order valence-electron chi connectivity index (χ1n) is 4.43. The van der Waals surface area contributed by atoms with Crippen LogP contribution < -0.4 is 10.2 Å². The highest BCUT2D eigenvalue weighted by atomic mass is 19.1. The van der Waals surface area contributed by atoms with Crippen LogP contribution in [0.5, 0.6) is 5.75 Å². The van der Waals surface area contributed by atoms with Gasteiger partial charge in [-0.05, 0) is 24.0 Å². The van der Waals surface area contributed by atoms with Gasteiger partial charge in [-0.2, -0.15) is 0 Å². The minimum absolute atomic E-state index is 0.0532. The van der Waals surface area contributed by atoms with Crippen molar-refractivity contribution >= 4 is 12.6 Å². The van der Waals surface area contributed by atoms with E-state index < -0.39 is 12.9 Å². The molecule has 0 aliphatic carbocycles. The van der Waals surface area contributed by atoms with Crippen LogP contribution in [0.15, 0.2) is 18.2 Å². The average molecular weight is 198 g/mol. The summed E-state index contributed by atoms with van der Waals surface area (Å²) in [6, 6.07) is 3.74. The van der Waals surface area contributed by atoms with Crippen molar-refractivity contribution in [2.45, 2.75) is 13.3 Å². The molecule has 0 spiro atoms. The number of ether oxygens (including phenoxy) is 1. The number of benzene rings is 1. The van der Waals surface area contributed by atoms with Crippen LogP contribution in [0.3, 0.4) is 0 Å². The van der Waals surface area contributed by atoms with Crippen molar-refractivity contribution in [3.8, 4) is 5.75 Å². The Labute approximate surface area is 82.3 Å². The second-order valence-electron chi connectivity index (χ2n) is 2.91. The Balaban J connectivity index is 2.85. The molecule has 0 fully saturated rings. The molecule has 0 aromatic heterocycles. The van der Waals surface area contributed by atoms with Gasteiger partial charge in [0.05, 0.1) is 6.61 Å². The first kappa shape index (κ1) is 11.0. The number of rotatable bonds is 4. The molecule has 5 heteroatoms. The molecule has 0 amide bonds. The zero-order valence-electron chi connectivity index (χ0n) is 7.90. The predicted molar refractivity (Wildman–Crippen MR) is 52.0 cm³/mol. The fourth-order valence-electron chi connectivity index (χ4n) is 1.00. The Kier molecular flexibility index (Phi) is 3.91. The lowest BCUT2D eigenvalue weighted by molar-refractivity contribution is 0.301. The molecule has 2 N–H and O–H groups in total. The lowest BCUT2D eigenvalue weighted by Crippen LogP contribution is -2.29. The maximum atomic E-state index is 13.1. The van der Waals surface area contributed by atoms with Crippen molar-refractivity contribution in [2.24, 2.45) is 0 Å². The fraction of sp³-hybridized carbons (Fsp3) is 0.333. The van der Waals surface area contributed by atoms with Crippen LogP contribution in [0.2, 0.25) is 0 Å². The van der Waals surface area contributed by atoms with E-state index in [2.05, 4.69) is 0 Å². The molecule has 1 aromatic carbocycles. The largest absolute Gasteiger partial charge is 0.491 e. The summed E-state index contributed by atoms with van der Waals surface area (Å²) in [5, 5.41) is 17.7. The Morgan fingerprint density at radius 2 is 2.14 bits per heavy atom. The van der Waals surface area contributed by atoms with Crippen LogP contribution in [-0.4, -0.2) is 23.8 Å². The van der Waals surface area contributed by atoms with E-state index in [1.807, 2.05) is 6.92 Å². The van der Waals surface area contributed by atoms with Crippen LogP contribution in [0.25, 0.3) is 0 Å². The number of halogens is 1. The fourth-order valence-corrected chi connectivity index (χ4v) is 1.00. The summed E-state index contributed by atoms with van der Waals surface area (Å²) in [6.45, 7) is 2.31. The molecule has 0 atom stereocenters. The van der Waals surface area contributed by atoms with E-state index in [1.54, 1.807) is 0 Å². The molecule has 14 heavy (non-hydrogen) atoms. The van der Waals surface area contributed by atoms with Crippen molar-refractivity contribution < 1.29 is 19.2 Å². The molecular weight excluding hydrogens is 186 g/mol. The second kappa shape index (κ2) is 4.98. The average Bonchev–Trinajstić information content (AvgIpc) is 2.16. The SMILES string of the molecule is CCCOc1cc(B(O)O)ccc1F. The van der Waals surface area contributed by atoms with Crippen LogP contribution >= 0.6 is 0 Å². The molecule has 0 unspecified atom stereocenters. The summed E-state index contributed by atoms with van der Waals surface area (Å²) in [4.78, 5) is 0. The van der Waals surface area contributed by atoms with Gasteiger partial charge in [0.15, 0.2) is 11.6 Å². The van der Waals surface area contributed by atoms with Crippen LogP contribution in [0.4, 0.5) is 4.39 Å². The topological polar surface area (TPSA) is 49.7 Å². The molecular formula is C9H12BFO3. The zero-order chi connectivity index (χ0) is 10.6. The van der Waals surface area contributed by atoms with Crippen molar-refractivity contribution in [1.29, 1.82) is 0 Å². The zero-order valence-corrected chi connectivity index (χ0v) is 7.90. The summed E-state index contributed by atoms with van der Waals surface area (Å²) in [5.74, 6) is -0.444.